The highest BCUT2D eigenvalue weighted by molar-refractivity contribution is 7.90. The van der Waals surface area contributed by atoms with Crippen molar-refractivity contribution in [2.24, 2.45) is 5.41 Å². The second kappa shape index (κ2) is 8.19. The summed E-state index contributed by atoms with van der Waals surface area (Å²) >= 11 is 0. The van der Waals surface area contributed by atoms with Crippen LogP contribution >= 0.6 is 0 Å². The number of aromatic nitrogens is 2. The number of halogens is 1. The molecule has 0 aliphatic heterocycles. The van der Waals surface area contributed by atoms with Crippen LogP contribution in [-0.4, -0.2) is 30.2 Å². The van der Waals surface area contributed by atoms with Crippen molar-refractivity contribution in [2.75, 3.05) is 6.26 Å². The molecule has 1 aromatic heterocycles. The van der Waals surface area contributed by atoms with Crippen LogP contribution in [0.25, 0.3) is 22.3 Å². The van der Waals surface area contributed by atoms with Gasteiger partial charge in [0.2, 0.25) is 0 Å². The topological polar surface area (TPSA) is 86.1 Å². The lowest BCUT2D eigenvalue weighted by atomic mass is 9.91. The number of carbonyl (C=O) groups excluding carboxylic acids is 1. The van der Waals surface area contributed by atoms with Crippen LogP contribution in [0.5, 0.6) is 0 Å². The molecular formula is C23H23FN2O4S. The van der Waals surface area contributed by atoms with E-state index < -0.39 is 26.6 Å². The van der Waals surface area contributed by atoms with Crippen LogP contribution in [0.4, 0.5) is 4.39 Å². The van der Waals surface area contributed by atoms with E-state index >= 15 is 0 Å². The fraction of sp³-hybridized carbons (Fsp3) is 0.261. The van der Waals surface area contributed by atoms with E-state index in [1.807, 2.05) is 0 Å². The Morgan fingerprint density at radius 2 is 1.55 bits per heavy atom. The molecule has 0 unspecified atom stereocenters. The van der Waals surface area contributed by atoms with E-state index in [9.17, 15) is 22.4 Å². The van der Waals surface area contributed by atoms with Gasteiger partial charge in [0.1, 0.15) is 12.4 Å². The van der Waals surface area contributed by atoms with Gasteiger partial charge in [-0.25, -0.2) is 17.5 Å². The number of benzene rings is 2. The SMILES string of the molecule is CC(C)(C)C(=O)Cn1ncc(-c2ccc(S(C)(=O)=O)cc2)c(-c2ccc(F)cc2)c1=O. The van der Waals surface area contributed by atoms with E-state index in [1.54, 1.807) is 32.9 Å². The van der Waals surface area contributed by atoms with E-state index in [0.717, 1.165) is 10.9 Å². The summed E-state index contributed by atoms with van der Waals surface area (Å²) in [5.74, 6) is -0.600. The lowest BCUT2D eigenvalue weighted by Gasteiger charge is -2.18. The molecule has 31 heavy (non-hydrogen) atoms. The van der Waals surface area contributed by atoms with Crippen LogP contribution in [0.2, 0.25) is 0 Å². The molecular weight excluding hydrogens is 419 g/mol. The molecule has 0 radical (unpaired) electrons. The second-order valence-electron chi connectivity index (χ2n) is 8.37. The maximum absolute atomic E-state index is 13.5. The van der Waals surface area contributed by atoms with Gasteiger partial charge in [-0.1, -0.05) is 45.0 Å². The summed E-state index contributed by atoms with van der Waals surface area (Å²) in [6, 6.07) is 11.5. The summed E-state index contributed by atoms with van der Waals surface area (Å²) < 4.78 is 38.1. The maximum Gasteiger partial charge on any atom is 0.275 e. The van der Waals surface area contributed by atoms with Gasteiger partial charge >= 0.3 is 0 Å². The van der Waals surface area contributed by atoms with E-state index in [0.29, 0.717) is 16.7 Å². The molecule has 1 heterocycles. The molecule has 0 saturated carbocycles. The number of sulfone groups is 1. The zero-order chi connectivity index (χ0) is 23.0. The van der Waals surface area contributed by atoms with Gasteiger partial charge in [0.05, 0.1) is 16.7 Å². The Bertz CT molecular complexity index is 1290. The van der Waals surface area contributed by atoms with Gasteiger partial charge in [-0.2, -0.15) is 5.10 Å². The lowest BCUT2D eigenvalue weighted by Crippen LogP contribution is -2.33. The molecule has 162 valence electrons. The van der Waals surface area contributed by atoms with Gasteiger partial charge in [-0.15, -0.1) is 0 Å². The van der Waals surface area contributed by atoms with E-state index in [1.165, 1.54) is 42.6 Å². The van der Waals surface area contributed by atoms with Crippen molar-refractivity contribution in [3.05, 3.63) is 70.9 Å². The summed E-state index contributed by atoms with van der Waals surface area (Å²) in [4.78, 5) is 25.9. The minimum Gasteiger partial charge on any atom is -0.297 e. The third-order valence-electron chi connectivity index (χ3n) is 4.90. The predicted molar refractivity (Wildman–Crippen MR) is 117 cm³/mol. The standard InChI is InChI=1S/C23H23FN2O4S/c1-23(2,3)20(27)14-26-22(28)21(16-5-9-17(24)10-6-16)19(13-25-26)15-7-11-18(12-8-15)31(4,29)30/h5-13H,14H2,1-4H3. The van der Waals surface area contributed by atoms with Crippen LogP contribution in [0.15, 0.2) is 64.4 Å². The molecule has 8 heteroatoms. The molecule has 0 N–H and O–H groups in total. The Balaban J connectivity index is 2.19. The summed E-state index contributed by atoms with van der Waals surface area (Å²) in [6.07, 6.45) is 2.58. The first-order valence-electron chi connectivity index (χ1n) is 9.58. The van der Waals surface area contributed by atoms with Gasteiger partial charge < -0.3 is 0 Å². The van der Waals surface area contributed by atoms with Crippen molar-refractivity contribution >= 4 is 15.6 Å². The molecule has 3 rings (SSSR count). The summed E-state index contributed by atoms with van der Waals surface area (Å²) in [6.45, 7) is 5.10. The number of Topliss-reactive ketones (excluding diaryl/α,β-unsaturated/α-hetero) is 1. The maximum atomic E-state index is 13.5. The molecule has 3 aromatic rings. The van der Waals surface area contributed by atoms with Crippen molar-refractivity contribution in [2.45, 2.75) is 32.2 Å². The summed E-state index contributed by atoms with van der Waals surface area (Å²) in [5.41, 5.74) is 0.615. The molecule has 0 aliphatic rings. The monoisotopic (exact) mass is 442 g/mol. The van der Waals surface area contributed by atoms with Crippen LogP contribution in [0.1, 0.15) is 20.8 Å². The molecule has 0 atom stereocenters. The number of hydrogen-bond donors (Lipinski definition) is 0. The van der Waals surface area contributed by atoms with Crippen molar-refractivity contribution in [1.29, 1.82) is 0 Å². The van der Waals surface area contributed by atoms with Crippen molar-refractivity contribution in [1.82, 2.24) is 9.78 Å². The number of rotatable bonds is 5. The first kappa shape index (κ1) is 22.6. The molecule has 0 aliphatic carbocycles. The highest BCUT2D eigenvalue weighted by Gasteiger charge is 2.24. The Labute approximate surface area is 180 Å². The molecule has 0 spiro atoms. The number of hydrogen-bond acceptors (Lipinski definition) is 5. The molecule has 0 bridgehead atoms. The first-order chi connectivity index (χ1) is 14.4. The van der Waals surface area contributed by atoms with Gasteiger partial charge in [-0.05, 0) is 35.4 Å². The average Bonchev–Trinajstić information content (AvgIpc) is 2.69. The van der Waals surface area contributed by atoms with E-state index in [2.05, 4.69) is 5.10 Å². The van der Waals surface area contributed by atoms with Crippen LogP contribution in [0.3, 0.4) is 0 Å². The molecule has 0 amide bonds. The van der Waals surface area contributed by atoms with Crippen LogP contribution in [0, 0.1) is 11.2 Å². The third-order valence-corrected chi connectivity index (χ3v) is 6.03. The van der Waals surface area contributed by atoms with E-state index in [4.69, 9.17) is 0 Å². The van der Waals surface area contributed by atoms with Gasteiger partial charge in [0.15, 0.2) is 15.6 Å². The zero-order valence-electron chi connectivity index (χ0n) is 17.7. The quantitative estimate of drug-likeness (QED) is 0.601. The van der Waals surface area contributed by atoms with Gasteiger partial charge in [-0.3, -0.25) is 9.59 Å². The van der Waals surface area contributed by atoms with Crippen molar-refractivity contribution in [3.8, 4) is 22.3 Å². The summed E-state index contributed by atoms with van der Waals surface area (Å²) in [7, 11) is -3.37. The molecule has 0 fully saturated rings. The normalized spacial score (nSPS) is 12.0. The van der Waals surface area contributed by atoms with Crippen LogP contribution in [-0.2, 0) is 21.2 Å². The number of nitrogens with zero attached hydrogens (tertiary/aromatic N) is 2. The smallest absolute Gasteiger partial charge is 0.275 e. The largest absolute Gasteiger partial charge is 0.297 e. The third kappa shape index (κ3) is 4.96. The van der Waals surface area contributed by atoms with Gasteiger partial charge in [0.25, 0.3) is 5.56 Å². The minimum absolute atomic E-state index is 0.150. The highest BCUT2D eigenvalue weighted by Crippen LogP contribution is 2.30. The Morgan fingerprint density at radius 1 is 1.00 bits per heavy atom. The highest BCUT2D eigenvalue weighted by atomic mass is 32.2. The first-order valence-corrected chi connectivity index (χ1v) is 11.5. The lowest BCUT2D eigenvalue weighted by molar-refractivity contribution is -0.127. The number of ketones is 1. The van der Waals surface area contributed by atoms with E-state index in [-0.39, 0.29) is 22.8 Å². The second-order valence-corrected chi connectivity index (χ2v) is 10.4. The Kier molecular flexibility index (Phi) is 5.96. The van der Waals surface area contributed by atoms with Crippen molar-refractivity contribution < 1.29 is 17.6 Å². The summed E-state index contributed by atoms with van der Waals surface area (Å²) in [5, 5.41) is 4.17. The number of carbonyl (C=O) groups is 1. The molecule has 2 aromatic carbocycles. The average molecular weight is 443 g/mol. The Hall–Kier alpha value is -3.13. The fourth-order valence-corrected chi connectivity index (χ4v) is 3.60. The zero-order valence-corrected chi connectivity index (χ0v) is 18.5. The van der Waals surface area contributed by atoms with Crippen molar-refractivity contribution in [3.63, 3.8) is 0 Å². The Morgan fingerprint density at radius 3 is 2.06 bits per heavy atom. The fourth-order valence-electron chi connectivity index (χ4n) is 2.97. The van der Waals surface area contributed by atoms with Gasteiger partial charge in [0, 0.05) is 17.2 Å². The predicted octanol–water partition coefficient (Wildman–Crippen LogP) is 3.74. The molecule has 0 saturated heterocycles. The molecule has 6 nitrogen and oxygen atoms in total. The van der Waals surface area contributed by atoms with Crippen LogP contribution < -0.4 is 5.56 Å². The minimum atomic E-state index is -3.37.